The second kappa shape index (κ2) is 11.3. The Hall–Kier alpha value is -3.11. The van der Waals surface area contributed by atoms with E-state index >= 15 is 0 Å². The molecular weight excluding hydrogens is 408 g/mol. The van der Waals surface area contributed by atoms with E-state index in [0.29, 0.717) is 24.3 Å². The first-order chi connectivity index (χ1) is 15.1. The van der Waals surface area contributed by atoms with Gasteiger partial charge in [0.05, 0.1) is 0 Å². The van der Waals surface area contributed by atoms with Gasteiger partial charge >= 0.3 is 0 Å². The number of aryl methyl sites for hydroxylation is 1. The van der Waals surface area contributed by atoms with Crippen molar-refractivity contribution in [3.8, 4) is 0 Å². The summed E-state index contributed by atoms with van der Waals surface area (Å²) >= 11 is 6.39. The van der Waals surface area contributed by atoms with Crippen molar-refractivity contribution in [1.29, 1.82) is 0 Å². The van der Waals surface area contributed by atoms with Crippen molar-refractivity contribution in [3.05, 3.63) is 107 Å². The number of nitrogens with zero attached hydrogens (tertiary/aromatic N) is 1. The van der Waals surface area contributed by atoms with Crippen molar-refractivity contribution in [2.45, 2.75) is 31.8 Å². The normalized spacial score (nSPS) is 11.5. The van der Waals surface area contributed by atoms with Gasteiger partial charge in [0, 0.05) is 31.5 Å². The Morgan fingerprint density at radius 2 is 1.45 bits per heavy atom. The van der Waals surface area contributed by atoms with Crippen LogP contribution < -0.4 is 5.32 Å². The van der Waals surface area contributed by atoms with Crippen LogP contribution in [0, 0.1) is 0 Å². The standard InChI is InChI=1S/C26H27ClN2O2/c1-28-26(31)24(18-21-12-6-3-7-13-21)29(19-22-14-8-9-15-23(22)27)25(30)17-16-20-10-4-2-5-11-20/h2-15,24H,16-19H2,1H3,(H,28,31)/t24-/m0/s1. The molecule has 0 aliphatic carbocycles. The molecule has 3 rings (SSSR count). The molecular formula is C26H27ClN2O2. The highest BCUT2D eigenvalue weighted by Crippen LogP contribution is 2.21. The summed E-state index contributed by atoms with van der Waals surface area (Å²) in [5.41, 5.74) is 2.91. The SMILES string of the molecule is CNC(=O)[C@H](Cc1ccccc1)N(Cc1ccccc1Cl)C(=O)CCc1ccccc1. The molecule has 1 N–H and O–H groups in total. The topological polar surface area (TPSA) is 49.4 Å². The largest absolute Gasteiger partial charge is 0.357 e. The van der Waals surface area contributed by atoms with Gasteiger partial charge in [-0.05, 0) is 29.2 Å². The average molecular weight is 435 g/mol. The molecule has 0 heterocycles. The summed E-state index contributed by atoms with van der Waals surface area (Å²) in [7, 11) is 1.60. The van der Waals surface area contributed by atoms with Crippen molar-refractivity contribution < 1.29 is 9.59 Å². The smallest absolute Gasteiger partial charge is 0.242 e. The Labute approximate surface area is 188 Å². The van der Waals surface area contributed by atoms with Crippen molar-refractivity contribution in [1.82, 2.24) is 10.2 Å². The van der Waals surface area contributed by atoms with Crippen LogP contribution >= 0.6 is 11.6 Å². The third-order valence-corrected chi connectivity index (χ3v) is 5.66. The van der Waals surface area contributed by atoms with Crippen LogP contribution in [0.2, 0.25) is 5.02 Å². The van der Waals surface area contributed by atoms with E-state index < -0.39 is 6.04 Å². The number of hydrogen-bond donors (Lipinski definition) is 1. The molecule has 0 aliphatic rings. The Morgan fingerprint density at radius 1 is 0.871 bits per heavy atom. The molecule has 5 heteroatoms. The average Bonchev–Trinajstić information content (AvgIpc) is 2.81. The second-order valence-corrected chi connectivity index (χ2v) is 7.83. The minimum atomic E-state index is -0.632. The van der Waals surface area contributed by atoms with E-state index in [2.05, 4.69) is 5.32 Å². The van der Waals surface area contributed by atoms with Crippen LogP contribution in [0.25, 0.3) is 0 Å². The molecule has 1 atom stereocenters. The van der Waals surface area contributed by atoms with Crippen LogP contribution in [0.15, 0.2) is 84.9 Å². The van der Waals surface area contributed by atoms with Gasteiger partial charge in [-0.2, -0.15) is 0 Å². The number of likely N-dealkylation sites (N-methyl/N-ethyl adjacent to an activating group) is 1. The van der Waals surface area contributed by atoms with Gasteiger partial charge in [-0.1, -0.05) is 90.5 Å². The third-order valence-electron chi connectivity index (χ3n) is 5.29. The molecule has 0 bridgehead atoms. The minimum absolute atomic E-state index is 0.0756. The van der Waals surface area contributed by atoms with Gasteiger partial charge < -0.3 is 10.2 Å². The molecule has 0 radical (unpaired) electrons. The van der Waals surface area contributed by atoms with Crippen molar-refractivity contribution in [2.24, 2.45) is 0 Å². The fourth-order valence-corrected chi connectivity index (χ4v) is 3.77. The summed E-state index contributed by atoms with van der Waals surface area (Å²) in [5.74, 6) is -0.266. The number of benzene rings is 3. The fourth-order valence-electron chi connectivity index (χ4n) is 3.57. The number of amides is 2. The van der Waals surface area contributed by atoms with Gasteiger partial charge in [-0.25, -0.2) is 0 Å². The van der Waals surface area contributed by atoms with E-state index in [-0.39, 0.29) is 18.4 Å². The number of rotatable bonds is 9. The first-order valence-corrected chi connectivity index (χ1v) is 10.8. The number of halogens is 1. The molecule has 160 valence electrons. The molecule has 0 aromatic heterocycles. The van der Waals surface area contributed by atoms with E-state index in [0.717, 1.165) is 16.7 Å². The Kier molecular flexibility index (Phi) is 8.25. The number of carbonyl (C=O) groups is 2. The predicted octanol–water partition coefficient (Wildman–Crippen LogP) is 4.66. The van der Waals surface area contributed by atoms with Crippen LogP contribution in [0.4, 0.5) is 0 Å². The first-order valence-electron chi connectivity index (χ1n) is 10.4. The Bertz CT molecular complexity index is 993. The van der Waals surface area contributed by atoms with E-state index in [1.54, 1.807) is 18.0 Å². The Balaban J connectivity index is 1.88. The van der Waals surface area contributed by atoms with Crippen LogP contribution in [0.1, 0.15) is 23.1 Å². The molecule has 0 fully saturated rings. The summed E-state index contributed by atoms with van der Waals surface area (Å²) in [6.07, 6.45) is 1.36. The molecule has 3 aromatic rings. The van der Waals surface area contributed by atoms with E-state index in [1.165, 1.54) is 0 Å². The van der Waals surface area contributed by atoms with Gasteiger partial charge in [0.2, 0.25) is 11.8 Å². The van der Waals surface area contributed by atoms with Crippen LogP contribution in [0.5, 0.6) is 0 Å². The molecule has 4 nitrogen and oxygen atoms in total. The molecule has 0 unspecified atom stereocenters. The predicted molar refractivity (Wildman–Crippen MR) is 125 cm³/mol. The van der Waals surface area contributed by atoms with Crippen molar-refractivity contribution in [3.63, 3.8) is 0 Å². The van der Waals surface area contributed by atoms with Crippen LogP contribution in [-0.2, 0) is 29.0 Å². The summed E-state index contributed by atoms with van der Waals surface area (Å²) in [5, 5.41) is 3.31. The van der Waals surface area contributed by atoms with Gasteiger partial charge in [-0.3, -0.25) is 9.59 Å². The zero-order valence-corrected chi connectivity index (χ0v) is 18.4. The van der Waals surface area contributed by atoms with Gasteiger partial charge in [0.15, 0.2) is 0 Å². The second-order valence-electron chi connectivity index (χ2n) is 7.42. The summed E-state index contributed by atoms with van der Waals surface area (Å²) in [4.78, 5) is 27.9. The maximum Gasteiger partial charge on any atom is 0.242 e. The summed E-state index contributed by atoms with van der Waals surface area (Å²) in [6, 6.07) is 26.4. The lowest BCUT2D eigenvalue weighted by atomic mass is 10.0. The monoisotopic (exact) mass is 434 g/mol. The van der Waals surface area contributed by atoms with Crippen LogP contribution in [0.3, 0.4) is 0 Å². The zero-order valence-electron chi connectivity index (χ0n) is 17.6. The maximum atomic E-state index is 13.4. The molecule has 2 amide bonds. The fraction of sp³-hybridized carbons (Fsp3) is 0.231. The zero-order chi connectivity index (χ0) is 22.1. The molecule has 0 saturated heterocycles. The van der Waals surface area contributed by atoms with E-state index in [1.807, 2.05) is 78.9 Å². The van der Waals surface area contributed by atoms with E-state index in [4.69, 9.17) is 11.6 Å². The van der Waals surface area contributed by atoms with Gasteiger partial charge in [0.1, 0.15) is 6.04 Å². The molecule has 0 saturated carbocycles. The van der Waals surface area contributed by atoms with Crippen molar-refractivity contribution in [2.75, 3.05) is 7.05 Å². The van der Waals surface area contributed by atoms with Gasteiger partial charge in [-0.15, -0.1) is 0 Å². The Morgan fingerprint density at radius 3 is 2.06 bits per heavy atom. The van der Waals surface area contributed by atoms with Gasteiger partial charge in [0.25, 0.3) is 0 Å². The molecule has 31 heavy (non-hydrogen) atoms. The summed E-state index contributed by atoms with van der Waals surface area (Å²) in [6.45, 7) is 0.276. The third kappa shape index (κ3) is 6.43. The molecule has 0 spiro atoms. The number of hydrogen-bond acceptors (Lipinski definition) is 2. The van der Waals surface area contributed by atoms with E-state index in [9.17, 15) is 9.59 Å². The maximum absolute atomic E-state index is 13.4. The highest BCUT2D eigenvalue weighted by Gasteiger charge is 2.29. The quantitative estimate of drug-likeness (QED) is 0.532. The molecule has 0 aliphatic heterocycles. The lowest BCUT2D eigenvalue weighted by Crippen LogP contribution is -2.49. The number of nitrogens with one attached hydrogen (secondary N) is 1. The van der Waals surface area contributed by atoms with Crippen molar-refractivity contribution >= 4 is 23.4 Å². The first kappa shape index (κ1) is 22.6. The highest BCUT2D eigenvalue weighted by atomic mass is 35.5. The number of carbonyl (C=O) groups excluding carboxylic acids is 2. The molecule has 3 aromatic carbocycles. The lowest BCUT2D eigenvalue weighted by molar-refractivity contribution is -0.141. The van der Waals surface area contributed by atoms with Crippen LogP contribution in [-0.4, -0.2) is 29.8 Å². The highest BCUT2D eigenvalue weighted by molar-refractivity contribution is 6.31. The summed E-state index contributed by atoms with van der Waals surface area (Å²) < 4.78 is 0. The minimum Gasteiger partial charge on any atom is -0.357 e. The lowest BCUT2D eigenvalue weighted by Gasteiger charge is -2.31.